The first-order chi connectivity index (χ1) is 13.5. The van der Waals surface area contributed by atoms with Crippen LogP contribution in [0.1, 0.15) is 68.6 Å². The van der Waals surface area contributed by atoms with Crippen LogP contribution >= 0.6 is 12.2 Å². The SMILES string of the molecule is CCCCNC(=S)N(Cc1cc2cc(C)cc(C)c2[nH]c1=O)C1CCCCC1. The van der Waals surface area contributed by atoms with Gasteiger partial charge >= 0.3 is 0 Å². The van der Waals surface area contributed by atoms with Crippen LogP contribution in [0, 0.1) is 13.8 Å². The Labute approximate surface area is 173 Å². The molecule has 1 saturated carbocycles. The number of aromatic amines is 1. The Hall–Kier alpha value is -1.88. The van der Waals surface area contributed by atoms with Gasteiger partial charge in [-0.3, -0.25) is 4.79 Å². The number of nitrogens with one attached hydrogen (secondary N) is 2. The zero-order chi connectivity index (χ0) is 20.1. The third-order valence-electron chi connectivity index (χ3n) is 5.79. The number of benzene rings is 1. The lowest BCUT2D eigenvalue weighted by Crippen LogP contribution is -2.47. The molecule has 0 aliphatic heterocycles. The Morgan fingerprint density at radius 1 is 1.21 bits per heavy atom. The summed E-state index contributed by atoms with van der Waals surface area (Å²) >= 11 is 5.75. The summed E-state index contributed by atoms with van der Waals surface area (Å²) in [6.45, 7) is 7.79. The Bertz CT molecular complexity index is 883. The highest BCUT2D eigenvalue weighted by Gasteiger charge is 2.24. The maximum Gasteiger partial charge on any atom is 0.253 e. The summed E-state index contributed by atoms with van der Waals surface area (Å²) in [5, 5.41) is 5.31. The lowest BCUT2D eigenvalue weighted by atomic mass is 9.94. The van der Waals surface area contributed by atoms with E-state index in [2.05, 4.69) is 47.2 Å². The van der Waals surface area contributed by atoms with Gasteiger partial charge in [-0.1, -0.05) is 44.2 Å². The van der Waals surface area contributed by atoms with Gasteiger partial charge in [0.1, 0.15) is 0 Å². The van der Waals surface area contributed by atoms with Crippen molar-refractivity contribution in [3.63, 3.8) is 0 Å². The number of hydrogen-bond acceptors (Lipinski definition) is 2. The van der Waals surface area contributed by atoms with Gasteiger partial charge < -0.3 is 15.2 Å². The molecule has 0 radical (unpaired) electrons. The van der Waals surface area contributed by atoms with E-state index >= 15 is 0 Å². The highest BCUT2D eigenvalue weighted by atomic mass is 32.1. The van der Waals surface area contributed by atoms with Crippen molar-refractivity contribution in [2.45, 2.75) is 78.3 Å². The van der Waals surface area contributed by atoms with Crippen LogP contribution in [0.4, 0.5) is 0 Å². The van der Waals surface area contributed by atoms with Gasteiger partial charge in [-0.05, 0) is 68.4 Å². The van der Waals surface area contributed by atoms with E-state index in [4.69, 9.17) is 12.2 Å². The van der Waals surface area contributed by atoms with E-state index in [1.54, 1.807) is 0 Å². The number of rotatable bonds is 6. The molecule has 1 heterocycles. The van der Waals surface area contributed by atoms with Crippen LogP contribution in [0.2, 0.25) is 0 Å². The van der Waals surface area contributed by atoms with Crippen LogP contribution in [0.15, 0.2) is 23.0 Å². The van der Waals surface area contributed by atoms with Crippen molar-refractivity contribution < 1.29 is 0 Å². The van der Waals surface area contributed by atoms with Gasteiger partial charge in [-0.25, -0.2) is 0 Å². The van der Waals surface area contributed by atoms with Crippen LogP contribution < -0.4 is 10.9 Å². The number of pyridine rings is 1. The molecule has 1 aliphatic carbocycles. The molecular weight excluding hydrogens is 366 g/mol. The second-order valence-electron chi connectivity index (χ2n) is 8.17. The van der Waals surface area contributed by atoms with E-state index in [1.165, 1.54) is 24.8 Å². The summed E-state index contributed by atoms with van der Waals surface area (Å²) in [4.78, 5) is 18.2. The van der Waals surface area contributed by atoms with Crippen molar-refractivity contribution in [1.29, 1.82) is 0 Å². The minimum atomic E-state index is -0.00313. The van der Waals surface area contributed by atoms with Crippen LogP contribution in [0.25, 0.3) is 10.9 Å². The van der Waals surface area contributed by atoms with Gasteiger partial charge in [0.2, 0.25) is 0 Å². The van der Waals surface area contributed by atoms with Crippen molar-refractivity contribution in [2.24, 2.45) is 0 Å². The number of aromatic nitrogens is 1. The maximum atomic E-state index is 12.8. The molecule has 1 aromatic carbocycles. The average Bonchev–Trinajstić information content (AvgIpc) is 2.67. The first-order valence-electron chi connectivity index (χ1n) is 10.7. The predicted molar refractivity (Wildman–Crippen MR) is 122 cm³/mol. The number of thiocarbonyl (C=S) groups is 1. The molecule has 0 saturated heterocycles. The largest absolute Gasteiger partial charge is 0.363 e. The van der Waals surface area contributed by atoms with E-state index in [1.807, 2.05) is 6.92 Å². The van der Waals surface area contributed by atoms with Gasteiger partial charge in [0.05, 0.1) is 12.1 Å². The summed E-state index contributed by atoms with van der Waals surface area (Å²) < 4.78 is 0. The fraction of sp³-hybridized carbons (Fsp3) is 0.565. The summed E-state index contributed by atoms with van der Waals surface area (Å²) in [7, 11) is 0. The Morgan fingerprint density at radius 2 is 1.96 bits per heavy atom. The number of unbranched alkanes of at least 4 members (excludes halogenated alkanes) is 1. The minimum Gasteiger partial charge on any atom is -0.363 e. The predicted octanol–water partition coefficient (Wildman–Crippen LogP) is 4.95. The van der Waals surface area contributed by atoms with Gasteiger partial charge in [0.15, 0.2) is 5.11 Å². The number of aryl methyl sites for hydroxylation is 2. The molecule has 0 bridgehead atoms. The Balaban J connectivity index is 1.89. The van der Waals surface area contributed by atoms with Crippen LogP contribution in [0.5, 0.6) is 0 Å². The standard InChI is InChI=1S/C23H33N3OS/c1-4-5-11-24-23(28)26(20-9-7-6-8-10-20)15-19-14-18-13-16(2)12-17(3)21(18)25-22(19)27/h12-14,20H,4-11,15H2,1-3H3,(H,24,28)(H,25,27). The molecule has 0 unspecified atom stereocenters. The molecule has 0 atom stereocenters. The zero-order valence-corrected chi connectivity index (χ0v) is 18.3. The zero-order valence-electron chi connectivity index (χ0n) is 17.4. The minimum absolute atomic E-state index is 0.00313. The fourth-order valence-electron chi connectivity index (χ4n) is 4.27. The van der Waals surface area contributed by atoms with E-state index in [-0.39, 0.29) is 5.56 Å². The molecule has 4 nitrogen and oxygen atoms in total. The van der Waals surface area contributed by atoms with Crippen molar-refractivity contribution in [2.75, 3.05) is 6.54 Å². The fourth-order valence-corrected chi connectivity index (χ4v) is 4.58. The maximum absolute atomic E-state index is 12.8. The van der Waals surface area contributed by atoms with Gasteiger partial charge in [0.25, 0.3) is 5.56 Å². The topological polar surface area (TPSA) is 48.1 Å². The van der Waals surface area contributed by atoms with E-state index in [0.717, 1.165) is 59.4 Å². The quantitative estimate of drug-likeness (QED) is 0.533. The average molecular weight is 400 g/mol. The smallest absolute Gasteiger partial charge is 0.253 e. The second-order valence-corrected chi connectivity index (χ2v) is 8.56. The van der Waals surface area contributed by atoms with E-state index in [0.29, 0.717) is 12.6 Å². The third-order valence-corrected chi connectivity index (χ3v) is 6.17. The van der Waals surface area contributed by atoms with Crippen LogP contribution in [-0.2, 0) is 6.54 Å². The van der Waals surface area contributed by atoms with E-state index < -0.39 is 0 Å². The molecule has 152 valence electrons. The molecule has 2 aromatic rings. The third kappa shape index (κ3) is 4.93. The molecule has 1 aromatic heterocycles. The normalized spacial score (nSPS) is 15.0. The van der Waals surface area contributed by atoms with Crippen molar-refractivity contribution >= 4 is 28.2 Å². The molecule has 0 spiro atoms. The highest BCUT2D eigenvalue weighted by Crippen LogP contribution is 2.25. The summed E-state index contributed by atoms with van der Waals surface area (Å²) in [6.07, 6.45) is 8.33. The van der Waals surface area contributed by atoms with E-state index in [9.17, 15) is 4.79 Å². The lowest BCUT2D eigenvalue weighted by molar-refractivity contribution is 0.234. The number of nitrogens with zero attached hydrogens (tertiary/aromatic N) is 1. The molecular formula is C23H33N3OS. The first-order valence-corrected chi connectivity index (χ1v) is 11.1. The summed E-state index contributed by atoms with van der Waals surface area (Å²) in [6, 6.07) is 6.73. The van der Waals surface area contributed by atoms with Gasteiger partial charge in [-0.15, -0.1) is 0 Å². The van der Waals surface area contributed by atoms with Crippen LogP contribution in [0.3, 0.4) is 0 Å². The number of fused-ring (bicyclic) bond motifs is 1. The van der Waals surface area contributed by atoms with Crippen LogP contribution in [-0.4, -0.2) is 27.6 Å². The molecule has 0 amide bonds. The molecule has 2 N–H and O–H groups in total. The first kappa shape index (κ1) is 20.8. The van der Waals surface area contributed by atoms with Gasteiger partial charge in [-0.2, -0.15) is 0 Å². The lowest BCUT2D eigenvalue weighted by Gasteiger charge is -2.36. The Morgan fingerprint density at radius 3 is 2.68 bits per heavy atom. The van der Waals surface area contributed by atoms with Crippen molar-refractivity contribution in [3.05, 3.63) is 45.2 Å². The monoisotopic (exact) mass is 399 g/mol. The Kier molecular flexibility index (Phi) is 7.11. The number of hydrogen-bond donors (Lipinski definition) is 2. The number of H-pyrrole nitrogens is 1. The molecule has 1 aliphatic rings. The molecule has 28 heavy (non-hydrogen) atoms. The second kappa shape index (κ2) is 9.55. The summed E-state index contributed by atoms with van der Waals surface area (Å²) in [5.74, 6) is 0. The van der Waals surface area contributed by atoms with Gasteiger partial charge in [0, 0.05) is 18.2 Å². The summed E-state index contributed by atoms with van der Waals surface area (Å²) in [5.41, 5.74) is 4.05. The molecule has 1 fully saturated rings. The molecule has 5 heteroatoms. The highest BCUT2D eigenvalue weighted by molar-refractivity contribution is 7.80. The molecule has 3 rings (SSSR count). The van der Waals surface area contributed by atoms with Crippen molar-refractivity contribution in [3.8, 4) is 0 Å². The van der Waals surface area contributed by atoms with Crippen molar-refractivity contribution in [1.82, 2.24) is 15.2 Å².